The van der Waals surface area contributed by atoms with Crippen molar-refractivity contribution < 1.29 is 13.6 Å². The number of halogens is 2. The molecule has 1 aromatic rings. The lowest BCUT2D eigenvalue weighted by Crippen LogP contribution is -2.35. The smallest absolute Gasteiger partial charge is 0.223 e. The number of carbonyl (C=O) groups excluding carboxylic acids is 1. The number of carbonyl (C=O) groups is 1. The molecule has 4 heteroatoms. The van der Waals surface area contributed by atoms with E-state index in [1.165, 1.54) is 6.07 Å². The van der Waals surface area contributed by atoms with Gasteiger partial charge in [-0.2, -0.15) is 0 Å². The van der Waals surface area contributed by atoms with Gasteiger partial charge in [0.2, 0.25) is 5.91 Å². The van der Waals surface area contributed by atoms with Crippen LogP contribution in [0, 0.1) is 17.6 Å². The van der Waals surface area contributed by atoms with Crippen LogP contribution in [0.25, 0.3) is 0 Å². The third-order valence-corrected chi connectivity index (χ3v) is 3.18. The average molecular weight is 239 g/mol. The number of rotatable bonds is 4. The first-order chi connectivity index (χ1) is 8.16. The molecule has 0 saturated heterocycles. The van der Waals surface area contributed by atoms with Crippen LogP contribution in [0.4, 0.5) is 8.78 Å². The molecule has 1 aliphatic rings. The molecular weight excluding hydrogens is 224 g/mol. The molecule has 1 saturated carbocycles. The number of amides is 1. The fourth-order valence-corrected chi connectivity index (χ4v) is 1.87. The van der Waals surface area contributed by atoms with Gasteiger partial charge in [0.1, 0.15) is 11.6 Å². The van der Waals surface area contributed by atoms with Crippen LogP contribution in [-0.2, 0) is 11.2 Å². The number of hydrogen-bond acceptors (Lipinski definition) is 1. The molecule has 0 aromatic heterocycles. The van der Waals surface area contributed by atoms with Crippen LogP contribution in [-0.4, -0.2) is 12.5 Å². The van der Waals surface area contributed by atoms with Gasteiger partial charge in [-0.3, -0.25) is 4.79 Å². The summed E-state index contributed by atoms with van der Waals surface area (Å²) >= 11 is 0. The van der Waals surface area contributed by atoms with Crippen LogP contribution >= 0.6 is 0 Å². The van der Waals surface area contributed by atoms with Gasteiger partial charge in [-0.15, -0.1) is 0 Å². The van der Waals surface area contributed by atoms with Gasteiger partial charge in [-0.05, 0) is 43.0 Å². The van der Waals surface area contributed by atoms with Crippen LogP contribution < -0.4 is 5.32 Å². The lowest BCUT2D eigenvalue weighted by Gasteiger charge is -2.24. The maximum Gasteiger partial charge on any atom is 0.223 e. The Balaban J connectivity index is 1.81. The van der Waals surface area contributed by atoms with Gasteiger partial charge in [-0.1, -0.05) is 6.42 Å². The van der Waals surface area contributed by atoms with Gasteiger partial charge in [0.05, 0.1) is 0 Å². The minimum Gasteiger partial charge on any atom is -0.356 e. The van der Waals surface area contributed by atoms with Crippen LogP contribution in [0.15, 0.2) is 18.2 Å². The van der Waals surface area contributed by atoms with E-state index in [2.05, 4.69) is 5.32 Å². The molecule has 1 N–H and O–H groups in total. The maximum atomic E-state index is 13.3. The molecule has 0 spiro atoms. The second-order valence-corrected chi connectivity index (χ2v) is 4.40. The summed E-state index contributed by atoms with van der Waals surface area (Å²) in [6.07, 6.45) is 3.32. The molecule has 0 heterocycles. The fraction of sp³-hybridized carbons (Fsp3) is 0.462. The van der Waals surface area contributed by atoms with Crippen LogP contribution in [0.3, 0.4) is 0 Å². The van der Waals surface area contributed by atoms with E-state index < -0.39 is 11.6 Å². The highest BCUT2D eigenvalue weighted by molar-refractivity contribution is 5.79. The Labute approximate surface area is 99.0 Å². The zero-order valence-electron chi connectivity index (χ0n) is 9.51. The summed E-state index contributed by atoms with van der Waals surface area (Å²) in [5.74, 6) is -0.712. The van der Waals surface area contributed by atoms with Crippen molar-refractivity contribution in [3.05, 3.63) is 35.4 Å². The number of nitrogens with one attached hydrogen (secondary N) is 1. The zero-order chi connectivity index (χ0) is 12.3. The molecule has 0 atom stereocenters. The summed E-state index contributed by atoms with van der Waals surface area (Å²) in [4.78, 5) is 11.5. The van der Waals surface area contributed by atoms with Crippen LogP contribution in [0.1, 0.15) is 24.8 Å². The third-order valence-electron chi connectivity index (χ3n) is 3.18. The van der Waals surface area contributed by atoms with Gasteiger partial charge in [0.25, 0.3) is 0 Å². The average Bonchev–Trinajstić information content (AvgIpc) is 2.20. The SMILES string of the molecule is O=C(NCCc1cc(F)ccc1F)C1CCC1. The summed E-state index contributed by atoms with van der Waals surface area (Å²) in [5, 5.41) is 2.75. The molecule has 1 aliphatic carbocycles. The Bertz CT molecular complexity index is 416. The van der Waals surface area contributed by atoms with Crippen molar-refractivity contribution in [1.82, 2.24) is 5.32 Å². The first kappa shape index (κ1) is 12.0. The summed E-state index contributed by atoms with van der Waals surface area (Å²) in [5.41, 5.74) is 0.305. The van der Waals surface area contributed by atoms with E-state index in [1.807, 2.05) is 0 Å². The van der Waals surface area contributed by atoms with Crippen molar-refractivity contribution >= 4 is 5.91 Å². The van der Waals surface area contributed by atoms with Gasteiger partial charge < -0.3 is 5.32 Å². The third kappa shape index (κ3) is 3.02. The Kier molecular flexibility index (Phi) is 3.71. The monoisotopic (exact) mass is 239 g/mol. The molecule has 92 valence electrons. The van der Waals surface area contributed by atoms with E-state index >= 15 is 0 Å². The quantitative estimate of drug-likeness (QED) is 0.859. The molecule has 0 unspecified atom stereocenters. The normalized spacial score (nSPS) is 15.4. The Hall–Kier alpha value is -1.45. The largest absolute Gasteiger partial charge is 0.356 e. The highest BCUT2D eigenvalue weighted by Crippen LogP contribution is 2.26. The molecule has 0 aliphatic heterocycles. The van der Waals surface area contributed by atoms with E-state index in [4.69, 9.17) is 0 Å². The van der Waals surface area contributed by atoms with E-state index in [0.29, 0.717) is 18.5 Å². The van der Waals surface area contributed by atoms with Crippen LogP contribution in [0.5, 0.6) is 0 Å². The lowest BCUT2D eigenvalue weighted by atomic mass is 9.85. The van der Waals surface area contributed by atoms with Crippen molar-refractivity contribution in [3.8, 4) is 0 Å². The molecule has 1 amide bonds. The maximum absolute atomic E-state index is 13.3. The highest BCUT2D eigenvalue weighted by Gasteiger charge is 2.24. The Morgan fingerprint density at radius 2 is 2.12 bits per heavy atom. The summed E-state index contributed by atoms with van der Waals surface area (Å²) in [6.45, 7) is 0.357. The topological polar surface area (TPSA) is 29.1 Å². The molecule has 1 aromatic carbocycles. The van der Waals surface area contributed by atoms with E-state index in [1.54, 1.807) is 0 Å². The fourth-order valence-electron chi connectivity index (χ4n) is 1.87. The predicted molar refractivity (Wildman–Crippen MR) is 60.4 cm³/mol. The summed E-state index contributed by atoms with van der Waals surface area (Å²) < 4.78 is 26.1. The second-order valence-electron chi connectivity index (χ2n) is 4.40. The van der Waals surface area contributed by atoms with E-state index in [-0.39, 0.29) is 11.8 Å². The minimum atomic E-state index is -0.452. The van der Waals surface area contributed by atoms with Crippen molar-refractivity contribution in [2.45, 2.75) is 25.7 Å². The Morgan fingerprint density at radius 1 is 1.35 bits per heavy atom. The number of benzene rings is 1. The number of hydrogen-bond donors (Lipinski definition) is 1. The van der Waals surface area contributed by atoms with Gasteiger partial charge in [0.15, 0.2) is 0 Å². The van der Waals surface area contributed by atoms with Crippen molar-refractivity contribution in [2.75, 3.05) is 6.54 Å². The summed E-state index contributed by atoms with van der Waals surface area (Å²) in [6, 6.07) is 3.37. The van der Waals surface area contributed by atoms with Crippen molar-refractivity contribution in [2.24, 2.45) is 5.92 Å². The molecule has 17 heavy (non-hydrogen) atoms. The van der Waals surface area contributed by atoms with Gasteiger partial charge in [0, 0.05) is 12.5 Å². The molecule has 2 nitrogen and oxygen atoms in total. The molecular formula is C13H15F2NO. The highest BCUT2D eigenvalue weighted by atomic mass is 19.1. The molecule has 2 rings (SSSR count). The standard InChI is InChI=1S/C13H15F2NO/c14-11-4-5-12(15)10(8-11)6-7-16-13(17)9-2-1-3-9/h4-5,8-9H,1-3,6-7H2,(H,16,17). The van der Waals surface area contributed by atoms with Gasteiger partial charge >= 0.3 is 0 Å². The first-order valence-electron chi connectivity index (χ1n) is 5.88. The van der Waals surface area contributed by atoms with Crippen LogP contribution in [0.2, 0.25) is 0 Å². The van der Waals surface area contributed by atoms with Gasteiger partial charge in [-0.25, -0.2) is 8.78 Å². The molecule has 0 radical (unpaired) electrons. The van der Waals surface area contributed by atoms with E-state index in [0.717, 1.165) is 31.4 Å². The lowest BCUT2D eigenvalue weighted by molar-refractivity contribution is -0.127. The zero-order valence-corrected chi connectivity index (χ0v) is 9.51. The second kappa shape index (κ2) is 5.25. The minimum absolute atomic E-state index is 0.0352. The van der Waals surface area contributed by atoms with Crippen molar-refractivity contribution in [3.63, 3.8) is 0 Å². The molecule has 1 fully saturated rings. The van der Waals surface area contributed by atoms with Crippen molar-refractivity contribution in [1.29, 1.82) is 0 Å². The molecule has 0 bridgehead atoms. The summed E-state index contributed by atoms with van der Waals surface area (Å²) in [7, 11) is 0. The first-order valence-corrected chi connectivity index (χ1v) is 5.88. The Morgan fingerprint density at radius 3 is 2.76 bits per heavy atom. The predicted octanol–water partition coefficient (Wildman–Crippen LogP) is 2.42. The van der Waals surface area contributed by atoms with E-state index in [9.17, 15) is 13.6 Å².